The molecular formula is C79H120B2N14O14. The number of nitrogens with two attached hydrogens (primary N) is 7. The van der Waals surface area contributed by atoms with Crippen molar-refractivity contribution in [2.45, 2.75) is 220 Å². The summed E-state index contributed by atoms with van der Waals surface area (Å²) >= 11 is 0. The number of primary amides is 2. The van der Waals surface area contributed by atoms with Crippen LogP contribution in [0.3, 0.4) is 0 Å². The summed E-state index contributed by atoms with van der Waals surface area (Å²) in [5.74, 6) is -16.0. The molecule has 6 amide bonds. The third-order valence-corrected chi connectivity index (χ3v) is 16.5. The summed E-state index contributed by atoms with van der Waals surface area (Å²) in [4.78, 5) is 145. The van der Waals surface area contributed by atoms with E-state index in [4.69, 9.17) is 68.8 Å². The summed E-state index contributed by atoms with van der Waals surface area (Å²) in [5.41, 5.74) is 39.2. The number of benzene rings is 4. The molecule has 0 aliphatic rings. The Kier molecular flexibility index (Phi) is 33.1. The number of hydrogen-bond donors (Lipinski definition) is 14. The number of guanidine groups is 2. The zero-order valence-corrected chi connectivity index (χ0v) is 64.5. The van der Waals surface area contributed by atoms with E-state index in [1.807, 2.05) is 0 Å². The van der Waals surface area contributed by atoms with Crippen molar-refractivity contribution in [3.63, 3.8) is 0 Å². The summed E-state index contributed by atoms with van der Waals surface area (Å²) in [6, 6.07) is -7.31. The number of rotatable bonds is 45. The molecule has 4 rings (SSSR count). The van der Waals surface area contributed by atoms with Gasteiger partial charge in [0.05, 0.1) is 37.9 Å². The molecule has 4 aromatic carbocycles. The normalized spacial score (nSPS) is 16.3. The van der Waals surface area contributed by atoms with Crippen molar-refractivity contribution in [2.24, 2.45) is 73.7 Å². The Bertz CT molecular complexity index is 4360. The van der Waals surface area contributed by atoms with Gasteiger partial charge in [-0.2, -0.15) is 0 Å². The SMILES string of the molecule is [2H]c1c([2H])c([2H])c(C([2H])[C@]([2H])(CC(=O)[C@H](CCCCN)NC(=O)[C@@H](CC(=O)[C@@H](CCCN=C(N)N)NC(=O)OC(C)(C)C)Cc2c(C)cc(O)cc2C)C(N)=O)c([2H])c1[2H].[2H]c1c([2H])c([2H])c(C([2H])[C@]([2H])(CC(=O)[C@H](CCCCNC)NC(=O)[C@@H](CC(=O)[C@@H](CCCN=C(N)N)NC(=O)OC(C)(C)C)Cc2c(C)cc(O)cc2C)C(N)=O)c([2H])c1[2H].[B][B]. The number of aromatic hydroxyl groups is 2. The minimum absolute atomic E-state index is 0.00995. The lowest BCUT2D eigenvalue weighted by atomic mass is 9.81. The molecule has 0 heterocycles. The van der Waals surface area contributed by atoms with Crippen LogP contribution in [0.4, 0.5) is 9.59 Å². The van der Waals surface area contributed by atoms with Gasteiger partial charge in [-0.05, 0) is 248 Å². The fourth-order valence-corrected chi connectivity index (χ4v) is 11.3. The smallest absolute Gasteiger partial charge is 0.408 e. The number of phenolic OH excluding ortho intramolecular Hbond substituents is 2. The predicted octanol–water partition coefficient (Wildman–Crippen LogP) is 5.48. The molecule has 596 valence electrons. The number of Topliss-reactive ketones (excluding diaryl/α,β-unsaturated/α-hetero) is 4. The maximum atomic E-state index is 14.5. The van der Waals surface area contributed by atoms with Gasteiger partial charge in [-0.25, -0.2) is 9.59 Å². The summed E-state index contributed by atoms with van der Waals surface area (Å²) in [6.45, 7) is 17.7. The number of carbonyl (C=O) groups is 10. The second-order valence-electron chi connectivity index (χ2n) is 28.0. The Morgan fingerprint density at radius 2 is 0.807 bits per heavy atom. The molecule has 0 spiro atoms. The van der Waals surface area contributed by atoms with Gasteiger partial charge in [-0.15, -0.1) is 0 Å². The number of alkyl carbamates (subject to hydrolysis) is 2. The lowest BCUT2D eigenvalue weighted by molar-refractivity contribution is -0.134. The predicted molar refractivity (Wildman–Crippen MR) is 426 cm³/mol. The molecule has 10 atom stereocenters. The van der Waals surface area contributed by atoms with Crippen LogP contribution in [0, 0.1) is 51.3 Å². The van der Waals surface area contributed by atoms with Gasteiger partial charge < -0.3 is 86.4 Å². The van der Waals surface area contributed by atoms with Crippen molar-refractivity contribution in [2.75, 3.05) is 33.2 Å². The highest BCUT2D eigenvalue weighted by Crippen LogP contribution is 2.29. The standard InChI is InChI=1S/C40H61N7O7.C39H59N7O7.B2/c1-25-19-30(48)20-26(2)31(25)22-29(24-35(50)33(16-12-18-45-38(42)43)47-39(53)54-40(3,4)5)37(52)46-32(15-10-11-17-44-6)34(49)23-28(36(41)51)21-27-13-8-7-9-14-27;1-24-18-29(47)19-25(2)30(24)21-28(23-34(49)32(15-11-17-44-37(42)43)46-38(52)53-39(3,4)5)36(51)45-31(14-9-10-16-40)33(48)22-27(35(41)50)20-26-12-7-6-8-13-26;1-2/h7-9,13-14,19-20,28-29,32-33,44,48H,10-12,15-18,21-24H2,1-6H3,(H2,41,51)(H,46,52)(H,47,53)(H4,42,43,45);6-8,12-13,18-19,27-28,31-32,47H,9-11,14-17,20-23,40H2,1-5H3,(H2,41,50)(H,45,51)(H,46,52)(H4,42,43,44);/t28-,29-,32+,33-;27-,28-,31+,32-;/m11./s1/i7D,8D,9D,13D,14D,21D,28D;6D,7D,8D,12D,13D,20D,27D;/t21?,28-,29-,32+,33-;20?,27-,28-,31+,32-;. The van der Waals surface area contributed by atoms with E-state index in [0.717, 1.165) is 0 Å². The molecule has 109 heavy (non-hydrogen) atoms. The van der Waals surface area contributed by atoms with Crippen LogP contribution >= 0.6 is 0 Å². The minimum atomic E-state index is -2.86. The van der Waals surface area contributed by atoms with Crippen LogP contribution in [0.2, 0.25) is 0 Å². The first-order chi connectivity index (χ1) is 57.0. The number of amides is 6. The molecule has 0 saturated heterocycles. The highest BCUT2D eigenvalue weighted by atomic mass is 16.6. The number of ether oxygens (including phenoxy) is 2. The fraction of sp³-hybridized carbons (Fsp3) is 0.544. The topological polar surface area (TPSA) is 497 Å². The van der Waals surface area contributed by atoms with Gasteiger partial charge in [-0.1, -0.05) is 60.4 Å². The van der Waals surface area contributed by atoms with Crippen LogP contribution < -0.4 is 66.7 Å². The van der Waals surface area contributed by atoms with Gasteiger partial charge in [0, 0.05) is 83.4 Å². The second-order valence-corrected chi connectivity index (χ2v) is 28.0. The number of nitrogens with one attached hydrogen (secondary N) is 5. The summed E-state index contributed by atoms with van der Waals surface area (Å²) in [7, 11) is 9.72. The average molecular weight is 1530 g/mol. The highest BCUT2D eigenvalue weighted by molar-refractivity contribution is 6.75. The molecule has 4 radical (unpaired) electrons. The van der Waals surface area contributed by atoms with Crippen LogP contribution in [-0.2, 0) is 73.5 Å². The fourth-order valence-electron chi connectivity index (χ4n) is 11.3. The van der Waals surface area contributed by atoms with E-state index in [9.17, 15) is 58.2 Å². The Morgan fingerprint density at radius 1 is 0.495 bits per heavy atom. The maximum Gasteiger partial charge on any atom is 0.408 e. The van der Waals surface area contributed by atoms with E-state index >= 15 is 0 Å². The van der Waals surface area contributed by atoms with Crippen LogP contribution in [0.5, 0.6) is 11.5 Å². The molecule has 30 heteroatoms. The van der Waals surface area contributed by atoms with Crippen molar-refractivity contribution in [3.05, 3.63) is 129 Å². The molecular weight excluding hydrogens is 1390 g/mol. The minimum Gasteiger partial charge on any atom is -0.508 e. The van der Waals surface area contributed by atoms with E-state index < -0.39 is 228 Å². The zero-order chi connectivity index (χ0) is 94.4. The van der Waals surface area contributed by atoms with E-state index in [2.05, 4.69) is 52.0 Å². The van der Waals surface area contributed by atoms with Crippen LogP contribution in [-0.4, -0.2) is 165 Å². The summed E-state index contributed by atoms with van der Waals surface area (Å²) in [6.07, 6.45) is -7.29. The van der Waals surface area contributed by atoms with Gasteiger partial charge in [0.15, 0.2) is 35.1 Å². The Hall–Kier alpha value is -9.83. The Morgan fingerprint density at radius 3 is 1.11 bits per heavy atom. The third kappa shape index (κ3) is 38.7. The number of nitrogens with zero attached hydrogens (tertiary/aromatic N) is 2. The van der Waals surface area contributed by atoms with E-state index in [1.165, 1.54) is 24.3 Å². The molecule has 0 aromatic heterocycles. The van der Waals surface area contributed by atoms with Gasteiger partial charge in [-0.3, -0.25) is 48.3 Å². The molecule has 28 nitrogen and oxygen atoms in total. The van der Waals surface area contributed by atoms with E-state index in [1.54, 1.807) is 76.3 Å². The second kappa shape index (κ2) is 49.3. The van der Waals surface area contributed by atoms with Crippen molar-refractivity contribution in [1.29, 1.82) is 0 Å². The number of carbonyl (C=O) groups excluding carboxylic acids is 10. The zero-order valence-electron chi connectivity index (χ0n) is 78.5. The number of aryl methyl sites for hydroxylation is 4. The Balaban J connectivity index is 0.000000817. The lowest BCUT2D eigenvalue weighted by Crippen LogP contribution is -2.48. The third-order valence-electron chi connectivity index (χ3n) is 16.5. The number of hydrogen-bond acceptors (Lipinski definition) is 18. The van der Waals surface area contributed by atoms with Crippen molar-refractivity contribution in [3.8, 4) is 11.5 Å². The first kappa shape index (κ1) is 73.3. The van der Waals surface area contributed by atoms with Crippen molar-refractivity contribution in [1.82, 2.24) is 26.6 Å². The molecule has 0 bridgehead atoms. The first-order valence-corrected chi connectivity index (χ1v) is 35.7. The number of unbranched alkanes of at least 4 members (excludes halogenated alkanes) is 2. The molecule has 0 saturated carbocycles. The van der Waals surface area contributed by atoms with Crippen molar-refractivity contribution >= 4 is 86.3 Å². The quantitative estimate of drug-likeness (QED) is 0.0113. The first-order valence-electron chi connectivity index (χ1n) is 42.8. The number of ketones is 4. The number of phenols is 2. The van der Waals surface area contributed by atoms with Crippen LogP contribution in [0.1, 0.15) is 195 Å². The molecule has 4 aromatic rings. The lowest BCUT2D eigenvalue weighted by Gasteiger charge is -2.26. The monoisotopic (exact) mass is 1530 g/mol. The largest absolute Gasteiger partial charge is 0.508 e. The molecule has 21 N–H and O–H groups in total. The maximum absolute atomic E-state index is 14.5. The molecule has 0 aliphatic heterocycles. The highest BCUT2D eigenvalue weighted by Gasteiger charge is 2.36. The van der Waals surface area contributed by atoms with E-state index in [-0.39, 0.29) is 101 Å². The summed E-state index contributed by atoms with van der Waals surface area (Å²) in [5, 5.41) is 34.0. The van der Waals surface area contributed by atoms with Crippen molar-refractivity contribution < 1.29 is 86.8 Å². The molecule has 0 fully saturated rings. The Labute approximate surface area is 665 Å². The summed E-state index contributed by atoms with van der Waals surface area (Å²) < 4.78 is 128. The van der Waals surface area contributed by atoms with Crippen LogP contribution in [0.25, 0.3) is 0 Å². The van der Waals surface area contributed by atoms with Gasteiger partial charge >= 0.3 is 12.2 Å². The van der Waals surface area contributed by atoms with Gasteiger partial charge in [0.1, 0.15) is 22.7 Å². The average Bonchev–Trinajstić information content (AvgIpc) is 0.764. The van der Waals surface area contributed by atoms with Gasteiger partial charge in [0.2, 0.25) is 23.6 Å². The molecule has 2 unspecified atom stereocenters. The molecule has 0 aliphatic carbocycles. The number of aliphatic imine (C=N–C) groups is 2. The van der Waals surface area contributed by atoms with Gasteiger partial charge in [0.25, 0.3) is 0 Å². The van der Waals surface area contributed by atoms with E-state index in [0.29, 0.717) is 59.2 Å². The van der Waals surface area contributed by atoms with Crippen LogP contribution in [0.15, 0.2) is 94.7 Å².